The molecule has 0 radical (unpaired) electrons. The van der Waals surface area contributed by atoms with Gasteiger partial charge in [-0.1, -0.05) is 44.2 Å². The molecule has 0 aromatic heterocycles. The topological polar surface area (TPSA) is 32.3 Å². The van der Waals surface area contributed by atoms with Gasteiger partial charge in [0.2, 0.25) is 0 Å². The zero-order chi connectivity index (χ0) is 11.8. The monoisotopic (exact) mass is 221 g/mol. The predicted octanol–water partition coefficient (Wildman–Crippen LogP) is 2.75. The highest BCUT2D eigenvalue weighted by molar-refractivity contribution is 5.18. The Bertz CT molecular complexity index is 271. The van der Waals surface area contributed by atoms with E-state index in [1.165, 1.54) is 12.0 Å². The first-order chi connectivity index (χ1) is 7.74. The Kier molecular flexibility index (Phi) is 6.12. The summed E-state index contributed by atoms with van der Waals surface area (Å²) in [4.78, 5) is 0. The van der Waals surface area contributed by atoms with Crippen LogP contribution in [0.25, 0.3) is 0 Å². The Hall–Kier alpha value is -0.860. The van der Waals surface area contributed by atoms with Gasteiger partial charge in [-0.15, -0.1) is 0 Å². The van der Waals surface area contributed by atoms with Crippen molar-refractivity contribution < 1.29 is 5.11 Å². The number of hydrogen-bond acceptors (Lipinski definition) is 2. The highest BCUT2D eigenvalue weighted by atomic mass is 16.3. The van der Waals surface area contributed by atoms with Gasteiger partial charge in [0.1, 0.15) is 0 Å². The Balaban J connectivity index is 2.48. The van der Waals surface area contributed by atoms with Crippen molar-refractivity contribution in [3.8, 4) is 0 Å². The van der Waals surface area contributed by atoms with Crippen molar-refractivity contribution in [2.75, 3.05) is 13.2 Å². The number of aliphatic hydroxyl groups excluding tert-OH is 1. The standard InChI is InChI=1S/C14H23NO/c1-12(2)8-10-15-14(9-11-16)13-6-4-3-5-7-13/h3-7,12,14-16H,8-11H2,1-2H3. The first-order valence-electron chi connectivity index (χ1n) is 6.13. The molecule has 1 aromatic rings. The van der Waals surface area contributed by atoms with E-state index in [0.717, 1.165) is 18.9 Å². The van der Waals surface area contributed by atoms with E-state index in [-0.39, 0.29) is 12.6 Å². The molecule has 2 N–H and O–H groups in total. The molecule has 0 aliphatic heterocycles. The average Bonchev–Trinajstić information content (AvgIpc) is 2.29. The molecule has 0 saturated heterocycles. The van der Waals surface area contributed by atoms with Crippen molar-refractivity contribution in [2.45, 2.75) is 32.7 Å². The third-order valence-electron chi connectivity index (χ3n) is 2.73. The number of benzene rings is 1. The molecule has 0 saturated carbocycles. The summed E-state index contributed by atoms with van der Waals surface area (Å²) in [5.41, 5.74) is 1.26. The molecule has 16 heavy (non-hydrogen) atoms. The third-order valence-corrected chi connectivity index (χ3v) is 2.73. The van der Waals surface area contributed by atoms with Crippen LogP contribution in [0.4, 0.5) is 0 Å². The Morgan fingerprint density at radius 2 is 1.81 bits per heavy atom. The molecule has 1 atom stereocenters. The van der Waals surface area contributed by atoms with Crippen LogP contribution in [0.15, 0.2) is 30.3 Å². The molecule has 90 valence electrons. The highest BCUT2D eigenvalue weighted by Crippen LogP contribution is 2.16. The van der Waals surface area contributed by atoms with Crippen molar-refractivity contribution in [2.24, 2.45) is 5.92 Å². The van der Waals surface area contributed by atoms with Gasteiger partial charge in [0.05, 0.1) is 0 Å². The average molecular weight is 221 g/mol. The minimum atomic E-state index is 0.230. The van der Waals surface area contributed by atoms with Gasteiger partial charge in [0.15, 0.2) is 0 Å². The van der Waals surface area contributed by atoms with Crippen LogP contribution in [0.1, 0.15) is 38.3 Å². The second kappa shape index (κ2) is 7.42. The molecule has 0 aliphatic carbocycles. The van der Waals surface area contributed by atoms with E-state index in [4.69, 9.17) is 5.11 Å². The molecule has 1 unspecified atom stereocenters. The van der Waals surface area contributed by atoms with Crippen molar-refractivity contribution >= 4 is 0 Å². The molecule has 0 aliphatic rings. The van der Waals surface area contributed by atoms with Crippen LogP contribution in [0.5, 0.6) is 0 Å². The van der Waals surface area contributed by atoms with Crippen molar-refractivity contribution in [1.29, 1.82) is 0 Å². The lowest BCUT2D eigenvalue weighted by molar-refractivity contribution is 0.264. The van der Waals surface area contributed by atoms with Crippen LogP contribution in [-0.4, -0.2) is 18.3 Å². The minimum Gasteiger partial charge on any atom is -0.396 e. The third kappa shape index (κ3) is 4.77. The van der Waals surface area contributed by atoms with Gasteiger partial charge in [0, 0.05) is 12.6 Å². The smallest absolute Gasteiger partial charge is 0.0449 e. The van der Waals surface area contributed by atoms with E-state index < -0.39 is 0 Å². The van der Waals surface area contributed by atoms with Crippen molar-refractivity contribution in [3.63, 3.8) is 0 Å². The summed E-state index contributed by atoms with van der Waals surface area (Å²) in [5.74, 6) is 0.720. The van der Waals surface area contributed by atoms with E-state index >= 15 is 0 Å². The van der Waals surface area contributed by atoms with Gasteiger partial charge in [-0.2, -0.15) is 0 Å². The van der Waals surface area contributed by atoms with Crippen LogP contribution in [0.3, 0.4) is 0 Å². The fourth-order valence-electron chi connectivity index (χ4n) is 1.75. The molecule has 1 aromatic carbocycles. The molecular weight excluding hydrogens is 198 g/mol. The lowest BCUT2D eigenvalue weighted by Crippen LogP contribution is -2.24. The Morgan fingerprint density at radius 3 is 2.38 bits per heavy atom. The van der Waals surface area contributed by atoms with Crippen molar-refractivity contribution in [1.82, 2.24) is 5.32 Å². The van der Waals surface area contributed by atoms with Crippen LogP contribution in [-0.2, 0) is 0 Å². The second-order valence-electron chi connectivity index (χ2n) is 4.61. The normalized spacial score (nSPS) is 13.0. The van der Waals surface area contributed by atoms with Crippen LogP contribution in [0.2, 0.25) is 0 Å². The zero-order valence-electron chi connectivity index (χ0n) is 10.3. The fraction of sp³-hybridized carbons (Fsp3) is 0.571. The zero-order valence-corrected chi connectivity index (χ0v) is 10.3. The summed E-state index contributed by atoms with van der Waals surface area (Å²) in [6.45, 7) is 5.70. The lowest BCUT2D eigenvalue weighted by atomic mass is 10.0. The van der Waals surface area contributed by atoms with Gasteiger partial charge in [-0.3, -0.25) is 0 Å². The van der Waals surface area contributed by atoms with Gasteiger partial charge < -0.3 is 10.4 Å². The summed E-state index contributed by atoms with van der Waals surface area (Å²) in [6, 6.07) is 10.6. The molecule has 1 rings (SSSR count). The number of aliphatic hydroxyl groups is 1. The number of nitrogens with one attached hydrogen (secondary N) is 1. The van der Waals surface area contributed by atoms with Gasteiger partial charge in [0.25, 0.3) is 0 Å². The van der Waals surface area contributed by atoms with E-state index in [9.17, 15) is 0 Å². The Labute approximate surface area is 98.7 Å². The summed E-state index contributed by atoms with van der Waals surface area (Å²) in [5, 5.41) is 12.6. The lowest BCUT2D eigenvalue weighted by Gasteiger charge is -2.18. The Morgan fingerprint density at radius 1 is 1.12 bits per heavy atom. The van der Waals surface area contributed by atoms with E-state index in [1.807, 2.05) is 18.2 Å². The number of hydrogen-bond donors (Lipinski definition) is 2. The largest absolute Gasteiger partial charge is 0.396 e. The summed E-state index contributed by atoms with van der Waals surface area (Å²) in [6.07, 6.45) is 1.96. The van der Waals surface area contributed by atoms with E-state index in [2.05, 4.69) is 31.3 Å². The predicted molar refractivity (Wildman–Crippen MR) is 68.3 cm³/mol. The van der Waals surface area contributed by atoms with Gasteiger partial charge in [-0.05, 0) is 30.9 Å². The number of rotatable bonds is 7. The highest BCUT2D eigenvalue weighted by Gasteiger charge is 2.09. The molecule has 0 fully saturated rings. The summed E-state index contributed by atoms with van der Waals surface area (Å²) in [7, 11) is 0. The molecule has 0 spiro atoms. The summed E-state index contributed by atoms with van der Waals surface area (Å²) < 4.78 is 0. The van der Waals surface area contributed by atoms with Crippen molar-refractivity contribution in [3.05, 3.63) is 35.9 Å². The fourth-order valence-corrected chi connectivity index (χ4v) is 1.75. The quantitative estimate of drug-likeness (QED) is 0.742. The van der Waals surface area contributed by atoms with E-state index in [1.54, 1.807) is 0 Å². The first-order valence-corrected chi connectivity index (χ1v) is 6.13. The molecular formula is C14H23NO. The minimum absolute atomic E-state index is 0.230. The molecule has 0 amide bonds. The van der Waals surface area contributed by atoms with Crippen LogP contribution < -0.4 is 5.32 Å². The van der Waals surface area contributed by atoms with Gasteiger partial charge >= 0.3 is 0 Å². The summed E-state index contributed by atoms with van der Waals surface area (Å²) >= 11 is 0. The molecule has 0 heterocycles. The SMILES string of the molecule is CC(C)CCNC(CCO)c1ccccc1. The molecule has 2 nitrogen and oxygen atoms in total. The molecule has 2 heteroatoms. The first kappa shape index (κ1) is 13.2. The maximum Gasteiger partial charge on any atom is 0.0449 e. The van der Waals surface area contributed by atoms with Crippen LogP contribution in [0, 0.1) is 5.92 Å². The van der Waals surface area contributed by atoms with Gasteiger partial charge in [-0.25, -0.2) is 0 Å². The second-order valence-corrected chi connectivity index (χ2v) is 4.61. The maximum atomic E-state index is 9.07. The maximum absolute atomic E-state index is 9.07. The van der Waals surface area contributed by atoms with E-state index in [0.29, 0.717) is 0 Å². The molecule has 0 bridgehead atoms. The van der Waals surface area contributed by atoms with Crippen LogP contribution >= 0.6 is 0 Å².